The number of carbonyl (C=O) groups is 5. The first kappa shape index (κ1) is 72.0. The van der Waals surface area contributed by atoms with Gasteiger partial charge in [0.2, 0.25) is 0 Å². The number of hydrogen-bond donors (Lipinski definition) is 5. The molecule has 2 fully saturated rings. The Morgan fingerprint density at radius 2 is 1.10 bits per heavy atom. The lowest BCUT2D eigenvalue weighted by molar-refractivity contribution is -0.155. The molecule has 30 nitrogen and oxygen atoms in total. The summed E-state index contributed by atoms with van der Waals surface area (Å²) in [5.41, 5.74) is 7.39. The first-order chi connectivity index (χ1) is 43.6. The molecular formula is C61H79ClN14O16. The van der Waals surface area contributed by atoms with Gasteiger partial charge in [0.25, 0.3) is 0 Å². The number of anilines is 2. The molecule has 0 radical (unpaired) electrons. The highest BCUT2D eigenvalue weighted by Gasteiger charge is 2.28. The fraction of sp³-hybridized carbons (Fsp3) is 0.525. The van der Waals surface area contributed by atoms with Crippen LogP contribution < -0.4 is 31.2 Å². The van der Waals surface area contributed by atoms with Crippen molar-refractivity contribution in [3.63, 3.8) is 0 Å². The van der Waals surface area contributed by atoms with Crippen LogP contribution in [0.1, 0.15) is 104 Å². The maximum Gasteiger partial charge on any atom is 0.408 e. The highest BCUT2D eigenvalue weighted by molar-refractivity contribution is 5.85. The molecular weight excluding hydrogens is 1220 g/mol. The molecule has 2 aliphatic heterocycles. The minimum absolute atomic E-state index is 0. The molecule has 92 heavy (non-hydrogen) atoms. The summed E-state index contributed by atoms with van der Waals surface area (Å²) < 4.78 is 58.6. The van der Waals surface area contributed by atoms with Gasteiger partial charge in [0.05, 0.1) is 37.6 Å². The van der Waals surface area contributed by atoms with Crippen LogP contribution in [0.15, 0.2) is 61.4 Å². The number of aliphatic carboxylic acids is 1. The third kappa shape index (κ3) is 23.3. The molecule has 0 bridgehead atoms. The minimum Gasteiger partial charge on any atom is -0.487 e. The first-order valence-electron chi connectivity index (χ1n) is 29.8. The highest BCUT2D eigenvalue weighted by Crippen LogP contribution is 2.32. The van der Waals surface area contributed by atoms with Crippen molar-refractivity contribution in [1.82, 2.24) is 44.4 Å². The number of hydrogen-bond acceptors (Lipinski definition) is 26. The van der Waals surface area contributed by atoms with Gasteiger partial charge in [-0.25, -0.2) is 39.5 Å². The molecule has 8 rings (SSSR count). The number of alkyl carbamates (subject to hydrolysis) is 1. The standard InChI is InChI=1S/C35H47N7O9.C26H31N7O7.ClH/c1-34(2,3)50-29(43)10-8-25(40-33(45)51-35(4,5)6)32(44)49-18-16-47-15-17-48-27-19-26-31(41-30(27)39-24-11-13-46-14-12-24)42(22-38-26)28-9-7-23(20-36)21-37-28;27-14-17-1-3-22(29-15-17)33-16-30-20-13-21(24(32-25(20)33)31-18-5-7-37-8-6-18)39-11-9-38-10-12-40-26(36)19(28)2-4-23(34)35;/h7,9,19,21-22,24-25H,8,10-18H2,1-6H3,(H,39,41)(H,40,45);1,3,13,15-16,18-19H,2,4-12,28H2,(H,31,32)(H,34,35);1H/t25-;19-;/m00./s1. The molecule has 2 aliphatic rings. The van der Waals surface area contributed by atoms with Gasteiger partial charge in [-0.1, -0.05) is 0 Å². The van der Waals surface area contributed by atoms with E-state index in [0.717, 1.165) is 25.7 Å². The number of nitrogens with two attached hydrogens (primary N) is 1. The lowest BCUT2D eigenvalue weighted by Crippen LogP contribution is -2.45. The summed E-state index contributed by atoms with van der Waals surface area (Å²) in [6, 6.07) is 12.7. The van der Waals surface area contributed by atoms with Crippen molar-refractivity contribution in [1.29, 1.82) is 10.5 Å². The van der Waals surface area contributed by atoms with Gasteiger partial charge in [-0.2, -0.15) is 10.5 Å². The van der Waals surface area contributed by atoms with E-state index >= 15 is 0 Å². The number of nitrogens with one attached hydrogen (secondary N) is 3. The Hall–Kier alpha value is -9.04. The van der Waals surface area contributed by atoms with E-state index in [-0.39, 0.29) is 103 Å². The lowest BCUT2D eigenvalue weighted by atomic mass is 10.1. The van der Waals surface area contributed by atoms with E-state index in [9.17, 15) is 24.0 Å². The van der Waals surface area contributed by atoms with Crippen molar-refractivity contribution < 1.29 is 76.4 Å². The maximum absolute atomic E-state index is 12.9. The van der Waals surface area contributed by atoms with Gasteiger partial charge < -0.3 is 74.2 Å². The van der Waals surface area contributed by atoms with E-state index in [1.54, 1.807) is 99.7 Å². The Balaban J connectivity index is 0.000000297. The van der Waals surface area contributed by atoms with Crippen molar-refractivity contribution in [2.75, 3.05) is 89.9 Å². The van der Waals surface area contributed by atoms with E-state index in [2.05, 4.69) is 48.0 Å². The number of nitriles is 2. The molecule has 6 aromatic heterocycles. The Morgan fingerprint density at radius 1 is 0.641 bits per heavy atom. The van der Waals surface area contributed by atoms with Crippen LogP contribution in [0.4, 0.5) is 16.4 Å². The normalized spacial score (nSPS) is 14.2. The van der Waals surface area contributed by atoms with E-state index < -0.39 is 53.3 Å². The van der Waals surface area contributed by atoms with Crippen LogP contribution in [0.3, 0.4) is 0 Å². The second-order valence-corrected chi connectivity index (χ2v) is 22.8. The molecule has 496 valence electrons. The van der Waals surface area contributed by atoms with Gasteiger partial charge >= 0.3 is 30.0 Å². The quantitative estimate of drug-likeness (QED) is 0.0202. The molecule has 31 heteroatoms. The van der Waals surface area contributed by atoms with E-state index in [4.69, 9.17) is 78.7 Å². The summed E-state index contributed by atoms with van der Waals surface area (Å²) in [6.07, 6.45) is 8.35. The molecule has 0 spiro atoms. The zero-order chi connectivity index (χ0) is 65.3. The lowest BCUT2D eigenvalue weighted by Gasteiger charge is -2.24. The summed E-state index contributed by atoms with van der Waals surface area (Å²) in [5.74, 6) is 0.307. The molecule has 0 unspecified atom stereocenters. The predicted molar refractivity (Wildman–Crippen MR) is 333 cm³/mol. The summed E-state index contributed by atoms with van der Waals surface area (Å²) in [6.45, 7) is 13.8. The van der Waals surface area contributed by atoms with Crippen molar-refractivity contribution in [3.8, 4) is 35.3 Å². The van der Waals surface area contributed by atoms with Gasteiger partial charge in [-0.3, -0.25) is 23.5 Å². The number of carbonyl (C=O) groups excluding carboxylic acids is 4. The third-order valence-corrected chi connectivity index (χ3v) is 13.3. The SMILES string of the molecule is CC(C)(C)OC(=O)CC[C@H](NC(=O)OC(C)(C)C)C(=O)OCCOCCOc1cc2ncn(-c3ccc(C#N)cn3)c2nc1NC1CCOCC1.Cl.N#Cc1ccc(-n2cnc3cc(OCCOCCOC(=O)[C@@H](N)CCC(=O)O)c(NC4CCOCC4)nc32)nc1. The number of halogens is 1. The Morgan fingerprint density at radius 3 is 1.52 bits per heavy atom. The Labute approximate surface area is 537 Å². The number of carboxylic acid groups (broad SMARTS) is 1. The molecule has 0 aliphatic carbocycles. The first-order valence-corrected chi connectivity index (χ1v) is 29.8. The van der Waals surface area contributed by atoms with Crippen LogP contribution in [0, 0.1) is 22.7 Å². The van der Waals surface area contributed by atoms with Crippen molar-refractivity contribution in [3.05, 3.63) is 72.6 Å². The number of imidazole rings is 2. The molecule has 0 aromatic carbocycles. The number of carboxylic acids is 1. The largest absolute Gasteiger partial charge is 0.487 e. The van der Waals surface area contributed by atoms with Crippen LogP contribution in [0.2, 0.25) is 0 Å². The molecule has 2 atom stereocenters. The zero-order valence-corrected chi connectivity index (χ0v) is 53.1. The second-order valence-electron chi connectivity index (χ2n) is 22.8. The average molecular weight is 1300 g/mol. The number of esters is 3. The van der Waals surface area contributed by atoms with E-state index in [0.29, 0.717) is 94.7 Å². The number of amides is 1. The van der Waals surface area contributed by atoms with Crippen molar-refractivity contribution in [2.45, 2.75) is 128 Å². The minimum atomic E-state index is -1.13. The molecule has 6 N–H and O–H groups in total. The predicted octanol–water partition coefficient (Wildman–Crippen LogP) is 6.06. The van der Waals surface area contributed by atoms with E-state index in [1.165, 1.54) is 12.4 Å². The van der Waals surface area contributed by atoms with E-state index in [1.807, 2.05) is 0 Å². The third-order valence-electron chi connectivity index (χ3n) is 13.3. The average Bonchev–Trinajstić information content (AvgIpc) is 1.95. The fourth-order valence-corrected chi connectivity index (χ4v) is 8.85. The number of rotatable bonds is 29. The van der Waals surface area contributed by atoms with Crippen LogP contribution in [-0.2, 0) is 57.1 Å². The van der Waals surface area contributed by atoms with Gasteiger partial charge in [-0.05, 0) is 104 Å². The molecule has 6 aromatic rings. The second kappa shape index (κ2) is 35.5. The summed E-state index contributed by atoms with van der Waals surface area (Å²) in [7, 11) is 0. The summed E-state index contributed by atoms with van der Waals surface area (Å²) in [4.78, 5) is 87.2. The van der Waals surface area contributed by atoms with Crippen LogP contribution in [0.5, 0.6) is 11.5 Å². The van der Waals surface area contributed by atoms with Crippen LogP contribution >= 0.6 is 12.4 Å². The van der Waals surface area contributed by atoms with Gasteiger partial charge in [0.1, 0.15) is 97.2 Å². The molecule has 8 heterocycles. The summed E-state index contributed by atoms with van der Waals surface area (Å²) >= 11 is 0. The number of ether oxygens (including phenoxy) is 10. The van der Waals surface area contributed by atoms with Crippen LogP contribution in [0.25, 0.3) is 34.0 Å². The molecule has 1 amide bonds. The topological polar surface area (TPSA) is 395 Å². The molecule has 2 saturated heterocycles. The van der Waals surface area contributed by atoms with Crippen molar-refractivity contribution >= 4 is 76.3 Å². The fourth-order valence-electron chi connectivity index (χ4n) is 8.85. The molecule has 0 saturated carbocycles. The van der Waals surface area contributed by atoms with Gasteiger partial charge in [0.15, 0.2) is 34.4 Å². The van der Waals surface area contributed by atoms with Gasteiger partial charge in [0, 0.05) is 75.9 Å². The van der Waals surface area contributed by atoms with Crippen molar-refractivity contribution in [2.24, 2.45) is 5.73 Å². The highest BCUT2D eigenvalue weighted by atomic mass is 35.5. The number of nitrogens with zero attached hydrogens (tertiary/aromatic N) is 10. The summed E-state index contributed by atoms with van der Waals surface area (Å²) in [5, 5.41) is 36.3. The van der Waals surface area contributed by atoms with Gasteiger partial charge in [-0.15, -0.1) is 12.4 Å². The Bertz CT molecular complexity index is 3460. The zero-order valence-electron chi connectivity index (χ0n) is 52.3. The Kier molecular flexibility index (Phi) is 27.8. The smallest absolute Gasteiger partial charge is 0.408 e. The number of aromatic nitrogens is 8. The van der Waals surface area contributed by atoms with Crippen LogP contribution in [-0.4, -0.2) is 189 Å². The number of pyridine rings is 4. The maximum atomic E-state index is 12.9. The number of fused-ring (bicyclic) bond motifs is 2. The monoisotopic (exact) mass is 1300 g/mol.